The van der Waals surface area contributed by atoms with Gasteiger partial charge in [-0.2, -0.15) is 4.72 Å². The summed E-state index contributed by atoms with van der Waals surface area (Å²) in [5.41, 5.74) is 10.5. The van der Waals surface area contributed by atoms with Crippen molar-refractivity contribution in [2.75, 3.05) is 6.54 Å². The van der Waals surface area contributed by atoms with Gasteiger partial charge in [-0.3, -0.25) is 9.79 Å². The summed E-state index contributed by atoms with van der Waals surface area (Å²) in [7, 11) is -3.93. The van der Waals surface area contributed by atoms with Crippen molar-refractivity contribution in [1.29, 1.82) is 10.8 Å². The van der Waals surface area contributed by atoms with Crippen molar-refractivity contribution < 1.29 is 13.2 Å². The number of carbonyl (C=O) groups is 1. The quantitative estimate of drug-likeness (QED) is 0.150. The van der Waals surface area contributed by atoms with E-state index in [0.717, 1.165) is 20.2 Å². The highest BCUT2D eigenvalue weighted by atomic mass is 35.5. The molecule has 1 heterocycles. The minimum atomic E-state index is -3.93. The molecule has 0 saturated carbocycles. The van der Waals surface area contributed by atoms with Gasteiger partial charge in [-0.15, -0.1) is 11.3 Å². The summed E-state index contributed by atoms with van der Waals surface area (Å²) in [5.74, 6) is -0.0642. The summed E-state index contributed by atoms with van der Waals surface area (Å²) in [5, 5.41) is 13.1. The Morgan fingerprint density at radius 3 is 2.47 bits per heavy atom. The first-order valence-corrected chi connectivity index (χ1v) is 11.3. The van der Waals surface area contributed by atoms with Crippen LogP contribution in [0.3, 0.4) is 0 Å². The largest absolute Gasteiger partial charge is 0.370 e. The van der Waals surface area contributed by atoms with Gasteiger partial charge in [0, 0.05) is 37.5 Å². The van der Waals surface area contributed by atoms with Gasteiger partial charge in [0.05, 0.1) is 10.9 Å². The Labute approximate surface area is 182 Å². The Morgan fingerprint density at radius 1 is 1.13 bits per heavy atom. The molecule has 0 saturated heterocycles. The van der Waals surface area contributed by atoms with Crippen molar-refractivity contribution in [2.24, 2.45) is 16.5 Å². The fourth-order valence-electron chi connectivity index (χ4n) is 2.85. The topological polar surface area (TPSA) is 175 Å². The van der Waals surface area contributed by atoms with E-state index in [-0.39, 0.29) is 23.8 Å². The zero-order valence-electron chi connectivity index (χ0n) is 15.7. The van der Waals surface area contributed by atoms with E-state index in [4.69, 9.17) is 33.9 Å². The third-order valence-corrected chi connectivity index (χ3v) is 7.06. The molecular weight excluding hydrogens is 448 g/mol. The van der Waals surface area contributed by atoms with Crippen LogP contribution >= 0.6 is 22.9 Å². The lowest BCUT2D eigenvalue weighted by atomic mass is 10.1. The van der Waals surface area contributed by atoms with Gasteiger partial charge in [-0.25, -0.2) is 8.42 Å². The average molecular weight is 467 g/mol. The van der Waals surface area contributed by atoms with Crippen LogP contribution in [-0.2, 0) is 14.8 Å². The van der Waals surface area contributed by atoms with Crippen molar-refractivity contribution in [3.63, 3.8) is 0 Å². The molecule has 0 unspecified atom stereocenters. The zero-order valence-corrected chi connectivity index (χ0v) is 18.0. The molecule has 1 atom stereocenters. The van der Waals surface area contributed by atoms with E-state index in [1.165, 1.54) is 6.07 Å². The number of hydrogen-bond donors (Lipinski definition) is 3. The van der Waals surface area contributed by atoms with Crippen molar-refractivity contribution in [3.8, 4) is 0 Å². The first kappa shape index (κ1) is 23.5. The fourth-order valence-corrected chi connectivity index (χ4v) is 5.42. The number of fused-ring (bicyclic) bond motifs is 3. The van der Waals surface area contributed by atoms with Crippen LogP contribution < -0.4 is 16.2 Å². The van der Waals surface area contributed by atoms with Gasteiger partial charge in [-0.1, -0.05) is 18.2 Å². The molecule has 1 aromatic heterocycles. The fraction of sp³-hybridized carbons (Fsp3) is 0.222. The van der Waals surface area contributed by atoms with Gasteiger partial charge >= 0.3 is 0 Å². The highest BCUT2D eigenvalue weighted by Crippen LogP contribution is 2.34. The Morgan fingerprint density at radius 2 is 1.80 bits per heavy atom. The number of nitrogens with zero attached hydrogens (tertiary/aromatic N) is 3. The van der Waals surface area contributed by atoms with Crippen molar-refractivity contribution in [1.82, 2.24) is 4.72 Å². The summed E-state index contributed by atoms with van der Waals surface area (Å²) in [6.45, 7) is 0.275. The lowest BCUT2D eigenvalue weighted by Crippen LogP contribution is -2.39. The van der Waals surface area contributed by atoms with E-state index in [2.05, 4.69) is 9.71 Å². The number of guanidine groups is 1. The number of hydrogen-bond acceptors (Lipinski definition) is 7. The number of carbonyl (C=O) groups excluding carboxylic acids is 1. The predicted octanol–water partition coefficient (Wildman–Crippen LogP) is 2.55. The van der Waals surface area contributed by atoms with Gasteiger partial charge in [-0.05, 0) is 48.7 Å². The zero-order chi connectivity index (χ0) is 22.3. The number of rotatable bonds is 8. The first-order chi connectivity index (χ1) is 14.3. The third-order valence-electron chi connectivity index (χ3n) is 4.18. The SMILES string of the molecule is N#N.NC(N)=NCCC[C@H](NS(=O)(=O)c1ccc2sc3ccccc3c2c1)C(=O)Cl. The molecule has 0 aliphatic heterocycles. The molecule has 3 rings (SSSR count). The van der Waals surface area contributed by atoms with Crippen molar-refractivity contribution in [3.05, 3.63) is 42.5 Å². The van der Waals surface area contributed by atoms with E-state index in [1.807, 2.05) is 24.3 Å². The molecule has 0 spiro atoms. The standard InChI is InChI=1S/C18H19ClN4O3S2.N2/c19-17(24)14(5-3-9-22-18(20)21)23-28(25,26)11-7-8-16-13(10-11)12-4-1-2-6-15(12)27-16;1-2/h1-2,4,6-8,10,14,23H,3,5,9H2,(H4,20,21,22);/t14-;/m0./s1. The summed E-state index contributed by atoms with van der Waals surface area (Å²) in [6.07, 6.45) is 0.583. The van der Waals surface area contributed by atoms with Crippen LogP contribution in [0.25, 0.3) is 20.2 Å². The summed E-state index contributed by atoms with van der Waals surface area (Å²) in [6, 6.07) is 11.6. The van der Waals surface area contributed by atoms with Gasteiger partial charge < -0.3 is 11.5 Å². The lowest BCUT2D eigenvalue weighted by molar-refractivity contribution is -0.113. The highest BCUT2D eigenvalue weighted by Gasteiger charge is 2.24. The van der Waals surface area contributed by atoms with Crippen molar-refractivity contribution >= 4 is 64.3 Å². The molecule has 0 bridgehead atoms. The lowest BCUT2D eigenvalue weighted by Gasteiger charge is -2.14. The number of halogens is 1. The molecule has 0 amide bonds. The van der Waals surface area contributed by atoms with Crippen LogP contribution in [0.4, 0.5) is 0 Å². The molecule has 12 heteroatoms. The van der Waals surface area contributed by atoms with E-state index in [0.29, 0.717) is 6.42 Å². The molecule has 0 aliphatic carbocycles. The number of aliphatic imine (C=N–C) groups is 1. The molecule has 2 aromatic carbocycles. The Hall–Kier alpha value is -2.78. The van der Waals surface area contributed by atoms with E-state index >= 15 is 0 Å². The Balaban J connectivity index is 0.00000155. The minimum absolute atomic E-state index is 0.0642. The van der Waals surface area contributed by atoms with E-state index in [9.17, 15) is 13.2 Å². The maximum Gasteiger partial charge on any atom is 0.241 e. The van der Waals surface area contributed by atoms with Crippen LogP contribution in [0.1, 0.15) is 12.8 Å². The number of benzene rings is 2. The van der Waals surface area contributed by atoms with Crippen molar-refractivity contribution in [2.45, 2.75) is 23.8 Å². The molecule has 158 valence electrons. The number of nitrogens with two attached hydrogens (primary N) is 2. The smallest absolute Gasteiger partial charge is 0.241 e. The Kier molecular flexibility index (Phi) is 8.08. The van der Waals surface area contributed by atoms with Gasteiger partial charge in [0.2, 0.25) is 15.3 Å². The minimum Gasteiger partial charge on any atom is -0.370 e. The molecule has 0 aliphatic rings. The maximum atomic E-state index is 12.8. The predicted molar refractivity (Wildman–Crippen MR) is 118 cm³/mol. The number of sulfonamides is 1. The van der Waals surface area contributed by atoms with Crippen LogP contribution in [-0.4, -0.2) is 32.2 Å². The second-order valence-corrected chi connectivity index (χ2v) is 9.35. The van der Waals surface area contributed by atoms with Crippen LogP contribution in [0.15, 0.2) is 52.4 Å². The van der Waals surface area contributed by atoms with Gasteiger partial charge in [0.25, 0.3) is 0 Å². The van der Waals surface area contributed by atoms with E-state index < -0.39 is 21.3 Å². The van der Waals surface area contributed by atoms with Gasteiger partial charge in [0.1, 0.15) is 0 Å². The molecule has 30 heavy (non-hydrogen) atoms. The van der Waals surface area contributed by atoms with E-state index in [1.54, 1.807) is 23.5 Å². The summed E-state index contributed by atoms with van der Waals surface area (Å²) < 4.78 is 30.1. The van der Waals surface area contributed by atoms with Crippen LogP contribution in [0, 0.1) is 10.8 Å². The first-order valence-electron chi connectivity index (χ1n) is 8.66. The van der Waals surface area contributed by atoms with Gasteiger partial charge in [0.15, 0.2) is 5.96 Å². The summed E-state index contributed by atoms with van der Waals surface area (Å²) in [4.78, 5) is 15.6. The second kappa shape index (κ2) is 10.3. The molecule has 0 fully saturated rings. The molecule has 0 radical (unpaired) electrons. The number of thiophene rings is 1. The Bertz CT molecular complexity index is 1200. The second-order valence-electron chi connectivity index (χ2n) is 6.18. The van der Waals surface area contributed by atoms with Crippen LogP contribution in [0.5, 0.6) is 0 Å². The monoisotopic (exact) mass is 466 g/mol. The molecule has 9 nitrogen and oxygen atoms in total. The maximum absolute atomic E-state index is 12.8. The normalized spacial score (nSPS) is 12.1. The average Bonchev–Trinajstić information content (AvgIpc) is 3.09. The molecule has 3 aromatic rings. The molecule has 5 N–H and O–H groups in total. The molecular formula is C18H19ClN6O3S2. The third kappa shape index (κ3) is 5.64. The van der Waals surface area contributed by atoms with Crippen LogP contribution in [0.2, 0.25) is 0 Å². The highest BCUT2D eigenvalue weighted by molar-refractivity contribution is 7.89. The number of nitrogens with one attached hydrogen (secondary N) is 1. The summed E-state index contributed by atoms with van der Waals surface area (Å²) >= 11 is 7.18.